The van der Waals surface area contributed by atoms with Crippen molar-refractivity contribution < 1.29 is 19.0 Å². The first-order chi connectivity index (χ1) is 14.1. The smallest absolute Gasteiger partial charge is 0.262 e. The minimum absolute atomic E-state index is 0.168. The summed E-state index contributed by atoms with van der Waals surface area (Å²) in [5, 5.41) is 3.20. The molecule has 6 nitrogen and oxygen atoms in total. The van der Waals surface area contributed by atoms with Crippen LogP contribution in [0.1, 0.15) is 12.5 Å². The third-order valence-corrected chi connectivity index (χ3v) is 5.12. The van der Waals surface area contributed by atoms with E-state index in [1.807, 2.05) is 19.1 Å². The summed E-state index contributed by atoms with van der Waals surface area (Å²) in [6.45, 7) is 5.06. The average Bonchev–Trinajstić information content (AvgIpc) is 2.75. The van der Waals surface area contributed by atoms with Crippen molar-refractivity contribution in [3.05, 3.63) is 53.1 Å². The molecule has 0 atom stereocenters. The number of nitrogens with zero attached hydrogens (tertiary/aromatic N) is 1. The summed E-state index contributed by atoms with van der Waals surface area (Å²) in [5.74, 6) is 0.717. The number of anilines is 1. The standard InChI is InChI=1S/C21H23ClN2O4S/c1-2-27-19-13-15(21(29)24-9-11-26-12-10-24)7-8-18(19)28-14-20(25)23-17-6-4-3-5-16(17)22/h3-8,13H,2,9-12,14H2,1H3,(H,23,25). The van der Waals surface area contributed by atoms with Crippen LogP contribution in [0, 0.1) is 0 Å². The molecule has 0 aliphatic carbocycles. The summed E-state index contributed by atoms with van der Waals surface area (Å²) in [6, 6.07) is 12.5. The van der Waals surface area contributed by atoms with Crippen LogP contribution >= 0.6 is 23.8 Å². The Balaban J connectivity index is 1.66. The lowest BCUT2D eigenvalue weighted by molar-refractivity contribution is -0.118. The zero-order valence-corrected chi connectivity index (χ0v) is 17.7. The Morgan fingerprint density at radius 3 is 2.66 bits per heavy atom. The van der Waals surface area contributed by atoms with Crippen LogP contribution < -0.4 is 14.8 Å². The summed E-state index contributed by atoms with van der Waals surface area (Å²) < 4.78 is 16.8. The molecule has 0 spiro atoms. The van der Waals surface area contributed by atoms with Gasteiger partial charge in [-0.2, -0.15) is 0 Å². The molecule has 1 aliphatic rings. The highest BCUT2D eigenvalue weighted by Crippen LogP contribution is 2.29. The molecular formula is C21H23ClN2O4S. The number of ether oxygens (including phenoxy) is 3. The van der Waals surface area contributed by atoms with Crippen molar-refractivity contribution in [3.8, 4) is 11.5 Å². The number of benzene rings is 2. The fourth-order valence-electron chi connectivity index (χ4n) is 2.87. The Morgan fingerprint density at radius 2 is 1.93 bits per heavy atom. The topological polar surface area (TPSA) is 60.0 Å². The van der Waals surface area contributed by atoms with Crippen LogP contribution in [0.3, 0.4) is 0 Å². The molecule has 29 heavy (non-hydrogen) atoms. The lowest BCUT2D eigenvalue weighted by atomic mass is 10.1. The second-order valence-corrected chi connectivity index (χ2v) is 7.11. The van der Waals surface area contributed by atoms with Gasteiger partial charge in [0, 0.05) is 18.7 Å². The summed E-state index contributed by atoms with van der Waals surface area (Å²) in [5.41, 5.74) is 1.41. The summed E-state index contributed by atoms with van der Waals surface area (Å²) >= 11 is 11.7. The summed E-state index contributed by atoms with van der Waals surface area (Å²) in [4.78, 5) is 15.1. The minimum atomic E-state index is -0.312. The predicted molar refractivity (Wildman–Crippen MR) is 117 cm³/mol. The highest BCUT2D eigenvalue weighted by molar-refractivity contribution is 7.80. The number of para-hydroxylation sites is 1. The van der Waals surface area contributed by atoms with E-state index in [2.05, 4.69) is 10.2 Å². The van der Waals surface area contributed by atoms with Gasteiger partial charge >= 0.3 is 0 Å². The molecule has 0 aromatic heterocycles. The van der Waals surface area contributed by atoms with Crippen LogP contribution in [0.4, 0.5) is 5.69 Å². The van der Waals surface area contributed by atoms with Gasteiger partial charge in [0.25, 0.3) is 5.91 Å². The number of carbonyl (C=O) groups is 1. The molecule has 2 aromatic rings. The Labute approximate surface area is 180 Å². The van der Waals surface area contributed by atoms with Gasteiger partial charge in [-0.1, -0.05) is 36.0 Å². The first kappa shape index (κ1) is 21.4. The molecule has 1 aliphatic heterocycles. The van der Waals surface area contributed by atoms with Crippen LogP contribution in [0.25, 0.3) is 0 Å². The van der Waals surface area contributed by atoms with Crippen LogP contribution in [-0.4, -0.2) is 55.3 Å². The van der Waals surface area contributed by atoms with Crippen molar-refractivity contribution in [3.63, 3.8) is 0 Å². The van der Waals surface area contributed by atoms with Gasteiger partial charge < -0.3 is 24.4 Å². The second kappa shape index (κ2) is 10.4. The molecule has 3 rings (SSSR count). The Bertz CT molecular complexity index is 872. The van der Waals surface area contributed by atoms with Crippen molar-refractivity contribution in [1.29, 1.82) is 0 Å². The molecule has 154 valence electrons. The lowest BCUT2D eigenvalue weighted by Gasteiger charge is -2.29. The van der Waals surface area contributed by atoms with Gasteiger partial charge in [-0.15, -0.1) is 0 Å². The third kappa shape index (κ3) is 5.82. The second-order valence-electron chi connectivity index (χ2n) is 6.32. The zero-order chi connectivity index (χ0) is 20.6. The molecule has 1 heterocycles. The maximum Gasteiger partial charge on any atom is 0.262 e. The van der Waals surface area contributed by atoms with E-state index in [0.717, 1.165) is 23.6 Å². The normalized spacial score (nSPS) is 13.7. The fourth-order valence-corrected chi connectivity index (χ4v) is 3.36. The van der Waals surface area contributed by atoms with Gasteiger partial charge in [-0.25, -0.2) is 0 Å². The molecule has 1 saturated heterocycles. The zero-order valence-electron chi connectivity index (χ0n) is 16.2. The maximum atomic E-state index is 12.2. The van der Waals surface area contributed by atoms with Crippen molar-refractivity contribution >= 4 is 40.4 Å². The van der Waals surface area contributed by atoms with E-state index in [1.165, 1.54) is 0 Å². The molecule has 1 fully saturated rings. The fraction of sp³-hybridized carbons (Fsp3) is 0.333. The van der Waals surface area contributed by atoms with Crippen molar-refractivity contribution in [2.45, 2.75) is 6.92 Å². The molecule has 1 amide bonds. The van der Waals surface area contributed by atoms with Crippen molar-refractivity contribution in [1.82, 2.24) is 4.90 Å². The van der Waals surface area contributed by atoms with Gasteiger partial charge in [0.15, 0.2) is 18.1 Å². The number of hydrogen-bond acceptors (Lipinski definition) is 5. The Hall–Kier alpha value is -2.35. The van der Waals surface area contributed by atoms with Crippen LogP contribution in [0.5, 0.6) is 11.5 Å². The number of rotatable bonds is 7. The molecule has 0 unspecified atom stereocenters. The Morgan fingerprint density at radius 1 is 1.17 bits per heavy atom. The number of carbonyl (C=O) groups excluding carboxylic acids is 1. The summed E-state index contributed by atoms with van der Waals surface area (Å²) in [7, 11) is 0. The number of amides is 1. The van der Waals surface area contributed by atoms with E-state index >= 15 is 0 Å². The molecule has 0 radical (unpaired) electrons. The SMILES string of the molecule is CCOc1cc(C(=S)N2CCOCC2)ccc1OCC(=O)Nc1ccccc1Cl. The molecular weight excluding hydrogens is 412 g/mol. The first-order valence-electron chi connectivity index (χ1n) is 9.39. The van der Waals surface area contributed by atoms with E-state index < -0.39 is 0 Å². The third-order valence-electron chi connectivity index (χ3n) is 4.30. The highest BCUT2D eigenvalue weighted by Gasteiger charge is 2.17. The van der Waals surface area contributed by atoms with Gasteiger partial charge in [0.2, 0.25) is 0 Å². The number of halogens is 1. The van der Waals surface area contributed by atoms with E-state index in [-0.39, 0.29) is 12.5 Å². The molecule has 2 aromatic carbocycles. The van der Waals surface area contributed by atoms with Crippen molar-refractivity contribution in [2.24, 2.45) is 0 Å². The highest BCUT2D eigenvalue weighted by atomic mass is 35.5. The van der Waals surface area contributed by atoms with Gasteiger partial charge in [-0.3, -0.25) is 4.79 Å². The van der Waals surface area contributed by atoms with E-state index in [4.69, 9.17) is 38.0 Å². The summed E-state index contributed by atoms with van der Waals surface area (Å²) in [6.07, 6.45) is 0. The largest absolute Gasteiger partial charge is 0.490 e. The predicted octanol–water partition coefficient (Wildman–Crippen LogP) is 3.76. The van der Waals surface area contributed by atoms with E-state index in [0.29, 0.717) is 42.0 Å². The maximum absolute atomic E-state index is 12.2. The number of thiocarbonyl (C=S) groups is 1. The van der Waals surface area contributed by atoms with Crippen LogP contribution in [0.15, 0.2) is 42.5 Å². The van der Waals surface area contributed by atoms with Crippen LogP contribution in [0.2, 0.25) is 5.02 Å². The molecule has 0 bridgehead atoms. The molecule has 1 N–H and O–H groups in total. The number of hydrogen-bond donors (Lipinski definition) is 1. The average molecular weight is 435 g/mol. The van der Waals surface area contributed by atoms with Crippen LogP contribution in [-0.2, 0) is 9.53 Å². The number of nitrogens with one attached hydrogen (secondary N) is 1. The van der Waals surface area contributed by atoms with E-state index in [9.17, 15) is 4.79 Å². The monoisotopic (exact) mass is 434 g/mol. The molecule has 0 saturated carbocycles. The van der Waals surface area contributed by atoms with E-state index in [1.54, 1.807) is 30.3 Å². The van der Waals surface area contributed by atoms with Gasteiger partial charge in [0.1, 0.15) is 4.99 Å². The molecule has 8 heteroatoms. The first-order valence-corrected chi connectivity index (χ1v) is 10.2. The number of morpholine rings is 1. The van der Waals surface area contributed by atoms with Gasteiger partial charge in [-0.05, 0) is 37.3 Å². The lowest BCUT2D eigenvalue weighted by Crippen LogP contribution is -2.40. The van der Waals surface area contributed by atoms with Gasteiger partial charge in [0.05, 0.1) is 30.5 Å². The van der Waals surface area contributed by atoms with Crippen molar-refractivity contribution in [2.75, 3.05) is 44.8 Å². The minimum Gasteiger partial charge on any atom is -0.490 e. The quantitative estimate of drug-likeness (QED) is 0.669. The Kier molecular flexibility index (Phi) is 7.69.